The molecule has 0 N–H and O–H groups in total. The van der Waals surface area contributed by atoms with Crippen LogP contribution in [0.25, 0.3) is 0 Å². The van der Waals surface area contributed by atoms with Gasteiger partial charge < -0.3 is 13.9 Å². The molecule has 3 rings (SSSR count). The highest BCUT2D eigenvalue weighted by molar-refractivity contribution is 6.01. The van der Waals surface area contributed by atoms with Crippen molar-refractivity contribution in [2.75, 3.05) is 14.2 Å². The van der Waals surface area contributed by atoms with Crippen molar-refractivity contribution in [2.24, 2.45) is 5.10 Å². The van der Waals surface area contributed by atoms with Crippen molar-refractivity contribution < 1.29 is 18.7 Å². The van der Waals surface area contributed by atoms with Crippen LogP contribution in [-0.4, -0.2) is 30.8 Å². The van der Waals surface area contributed by atoms with E-state index in [1.54, 1.807) is 14.2 Å². The number of amides is 1. The van der Waals surface area contributed by atoms with E-state index in [0.29, 0.717) is 23.7 Å². The minimum Gasteiger partial charge on any atom is -0.493 e. The first-order valence-electron chi connectivity index (χ1n) is 7.69. The van der Waals surface area contributed by atoms with Gasteiger partial charge in [0.25, 0.3) is 0 Å². The summed E-state index contributed by atoms with van der Waals surface area (Å²) in [5.74, 6) is 2.67. The molecular formula is C18H20N2O4. The van der Waals surface area contributed by atoms with Crippen molar-refractivity contribution >= 4 is 11.6 Å². The number of hydrazone groups is 1. The first-order chi connectivity index (χ1) is 11.5. The van der Waals surface area contributed by atoms with Gasteiger partial charge in [0, 0.05) is 13.3 Å². The fraction of sp³-hybridized carbons (Fsp3) is 0.333. The molecule has 2 aromatic rings. The van der Waals surface area contributed by atoms with E-state index in [4.69, 9.17) is 13.9 Å². The molecule has 1 amide bonds. The lowest BCUT2D eigenvalue weighted by Crippen LogP contribution is -2.24. The zero-order valence-corrected chi connectivity index (χ0v) is 14.2. The van der Waals surface area contributed by atoms with Crippen molar-refractivity contribution in [1.82, 2.24) is 5.01 Å². The molecule has 0 spiro atoms. The molecule has 0 bridgehead atoms. The minimum atomic E-state index is -0.192. The predicted octanol–water partition coefficient (Wildman–Crippen LogP) is 3.30. The highest BCUT2D eigenvalue weighted by atomic mass is 16.5. The maximum atomic E-state index is 12.0. The largest absolute Gasteiger partial charge is 0.493 e. The molecule has 24 heavy (non-hydrogen) atoms. The summed E-state index contributed by atoms with van der Waals surface area (Å²) in [5, 5.41) is 5.96. The maximum Gasteiger partial charge on any atom is 0.240 e. The van der Waals surface area contributed by atoms with Crippen LogP contribution in [0.2, 0.25) is 0 Å². The lowest BCUT2D eigenvalue weighted by molar-refractivity contribution is -0.130. The summed E-state index contributed by atoms with van der Waals surface area (Å²) in [7, 11) is 3.18. The van der Waals surface area contributed by atoms with Gasteiger partial charge in [-0.2, -0.15) is 5.10 Å². The van der Waals surface area contributed by atoms with E-state index in [-0.39, 0.29) is 11.9 Å². The number of carbonyl (C=O) groups is 1. The monoisotopic (exact) mass is 328 g/mol. The second-order valence-corrected chi connectivity index (χ2v) is 5.65. The Bertz CT molecular complexity index is 794. The Balaban J connectivity index is 1.95. The highest BCUT2D eigenvalue weighted by Gasteiger charge is 2.33. The van der Waals surface area contributed by atoms with Crippen molar-refractivity contribution in [3.05, 3.63) is 47.4 Å². The molecule has 1 aliphatic heterocycles. The average molecular weight is 328 g/mol. The van der Waals surface area contributed by atoms with Crippen LogP contribution < -0.4 is 9.47 Å². The van der Waals surface area contributed by atoms with Crippen LogP contribution in [0.15, 0.2) is 39.9 Å². The molecule has 2 heterocycles. The standard InChI is InChI=1S/C18H20N2O4/c1-11-5-7-16(24-11)14-10-15(20(19-14)12(2)21)13-6-8-17(22-3)18(9-13)23-4/h5-9,15H,10H2,1-4H3/t15-/m0/s1. The topological polar surface area (TPSA) is 64.3 Å². The van der Waals surface area contributed by atoms with E-state index < -0.39 is 0 Å². The number of hydrogen-bond acceptors (Lipinski definition) is 5. The molecule has 0 unspecified atom stereocenters. The lowest BCUT2D eigenvalue weighted by atomic mass is 10.0. The number of nitrogens with zero attached hydrogens (tertiary/aromatic N) is 2. The van der Waals surface area contributed by atoms with Crippen molar-refractivity contribution in [3.63, 3.8) is 0 Å². The smallest absolute Gasteiger partial charge is 0.240 e. The quantitative estimate of drug-likeness (QED) is 0.864. The Kier molecular flexibility index (Phi) is 4.29. The number of methoxy groups -OCH3 is 2. The van der Waals surface area contributed by atoms with Gasteiger partial charge >= 0.3 is 0 Å². The van der Waals surface area contributed by atoms with Crippen molar-refractivity contribution in [2.45, 2.75) is 26.3 Å². The predicted molar refractivity (Wildman–Crippen MR) is 89.4 cm³/mol. The van der Waals surface area contributed by atoms with Gasteiger partial charge in [0.1, 0.15) is 17.2 Å². The van der Waals surface area contributed by atoms with Gasteiger partial charge in [-0.1, -0.05) is 6.07 Å². The molecule has 6 nitrogen and oxygen atoms in total. The molecular weight excluding hydrogens is 308 g/mol. The SMILES string of the molecule is COc1ccc([C@@H]2CC(c3ccc(C)o3)=NN2C(C)=O)cc1OC. The first-order valence-corrected chi connectivity index (χ1v) is 7.69. The third kappa shape index (κ3) is 2.87. The van der Waals surface area contributed by atoms with Crippen LogP contribution >= 0.6 is 0 Å². The second-order valence-electron chi connectivity index (χ2n) is 5.65. The second kappa shape index (κ2) is 6.39. The summed E-state index contributed by atoms with van der Waals surface area (Å²) >= 11 is 0. The molecule has 1 atom stereocenters. The maximum absolute atomic E-state index is 12.0. The number of ether oxygens (including phenoxy) is 2. The third-order valence-corrected chi connectivity index (χ3v) is 4.05. The van der Waals surface area contributed by atoms with E-state index >= 15 is 0 Å². The van der Waals surface area contributed by atoms with Gasteiger partial charge in [0.15, 0.2) is 11.5 Å². The molecule has 1 aliphatic rings. The number of hydrogen-bond donors (Lipinski definition) is 0. The molecule has 0 saturated carbocycles. The van der Waals surface area contributed by atoms with Crippen LogP contribution in [0, 0.1) is 6.92 Å². The molecule has 1 aromatic carbocycles. The minimum absolute atomic E-state index is 0.118. The first kappa shape index (κ1) is 16.1. The van der Waals surface area contributed by atoms with Crippen LogP contribution in [0.5, 0.6) is 11.5 Å². The Morgan fingerprint density at radius 1 is 1.21 bits per heavy atom. The number of aryl methyl sites for hydroxylation is 1. The van der Waals surface area contributed by atoms with Gasteiger partial charge in [-0.05, 0) is 36.8 Å². The summed E-state index contributed by atoms with van der Waals surface area (Å²) in [5.41, 5.74) is 1.70. The molecule has 0 fully saturated rings. The molecule has 0 aliphatic carbocycles. The van der Waals surface area contributed by atoms with Crippen LogP contribution in [0.3, 0.4) is 0 Å². The normalized spacial score (nSPS) is 16.9. The summed E-state index contributed by atoms with van der Waals surface area (Å²) in [6, 6.07) is 9.21. The average Bonchev–Trinajstić information content (AvgIpc) is 3.20. The van der Waals surface area contributed by atoms with E-state index in [1.165, 1.54) is 11.9 Å². The van der Waals surface area contributed by atoms with E-state index in [1.807, 2.05) is 37.3 Å². The van der Waals surface area contributed by atoms with Gasteiger partial charge in [0.2, 0.25) is 5.91 Å². The zero-order valence-electron chi connectivity index (χ0n) is 14.2. The Morgan fingerprint density at radius 3 is 2.54 bits per heavy atom. The number of rotatable bonds is 4. The van der Waals surface area contributed by atoms with Gasteiger partial charge in [-0.25, -0.2) is 5.01 Å². The van der Waals surface area contributed by atoms with Crippen LogP contribution in [-0.2, 0) is 4.79 Å². The molecule has 6 heteroatoms. The van der Waals surface area contributed by atoms with Crippen molar-refractivity contribution in [3.8, 4) is 11.5 Å². The van der Waals surface area contributed by atoms with Gasteiger partial charge in [0.05, 0.1) is 20.3 Å². The molecule has 0 radical (unpaired) electrons. The van der Waals surface area contributed by atoms with Crippen LogP contribution in [0.4, 0.5) is 0 Å². The fourth-order valence-electron chi connectivity index (χ4n) is 2.86. The number of furan rings is 1. The Morgan fingerprint density at radius 2 is 1.96 bits per heavy atom. The molecule has 0 saturated heterocycles. The third-order valence-electron chi connectivity index (χ3n) is 4.05. The fourth-order valence-corrected chi connectivity index (χ4v) is 2.86. The van der Waals surface area contributed by atoms with E-state index in [2.05, 4.69) is 5.10 Å². The highest BCUT2D eigenvalue weighted by Crippen LogP contribution is 2.37. The number of benzene rings is 1. The Hall–Kier alpha value is -2.76. The lowest BCUT2D eigenvalue weighted by Gasteiger charge is -2.21. The van der Waals surface area contributed by atoms with Gasteiger partial charge in [-0.3, -0.25) is 4.79 Å². The van der Waals surface area contributed by atoms with E-state index in [0.717, 1.165) is 17.0 Å². The van der Waals surface area contributed by atoms with Crippen LogP contribution in [0.1, 0.15) is 36.5 Å². The molecule has 1 aromatic heterocycles. The summed E-state index contributed by atoms with van der Waals surface area (Å²) < 4.78 is 16.3. The summed E-state index contributed by atoms with van der Waals surface area (Å²) in [6.07, 6.45) is 0.585. The van der Waals surface area contributed by atoms with Gasteiger partial charge in [-0.15, -0.1) is 0 Å². The molecule has 126 valence electrons. The summed E-state index contributed by atoms with van der Waals surface area (Å²) in [6.45, 7) is 3.39. The Labute approximate surface area is 140 Å². The summed E-state index contributed by atoms with van der Waals surface area (Å²) in [4.78, 5) is 12.0. The van der Waals surface area contributed by atoms with E-state index in [9.17, 15) is 4.79 Å². The van der Waals surface area contributed by atoms with Crippen molar-refractivity contribution in [1.29, 1.82) is 0 Å². The number of carbonyl (C=O) groups excluding carboxylic acids is 1. The zero-order chi connectivity index (χ0) is 17.3.